The van der Waals surface area contributed by atoms with Gasteiger partial charge in [0.1, 0.15) is 0 Å². The first-order valence-electron chi connectivity index (χ1n) is 8.92. The standard InChI is InChI=1S/C20H21N3O5S/c1-13(28-20(25)17-12-23-18-5-3-2-4-16(17)18)19(24)22-11-10-14-6-8-15(9-7-14)29(21,26)27/h2-9,12-13,23H,10-11H2,1H3,(H,22,24)(H2,21,26,27)/t13-/m1/s1. The van der Waals surface area contributed by atoms with E-state index in [1.807, 2.05) is 18.2 Å². The van der Waals surface area contributed by atoms with Crippen molar-refractivity contribution in [2.24, 2.45) is 5.14 Å². The predicted octanol–water partition coefficient (Wildman–Crippen LogP) is 1.72. The minimum atomic E-state index is -3.73. The number of esters is 1. The summed E-state index contributed by atoms with van der Waals surface area (Å²) in [6.07, 6.45) is 1.09. The van der Waals surface area contributed by atoms with E-state index in [1.54, 1.807) is 24.4 Å². The Balaban J connectivity index is 1.51. The minimum absolute atomic E-state index is 0.0306. The van der Waals surface area contributed by atoms with Crippen molar-refractivity contribution >= 4 is 32.8 Å². The van der Waals surface area contributed by atoms with Crippen molar-refractivity contribution in [3.63, 3.8) is 0 Å². The third-order valence-corrected chi connectivity index (χ3v) is 5.36. The van der Waals surface area contributed by atoms with Crippen LogP contribution in [0.1, 0.15) is 22.8 Å². The van der Waals surface area contributed by atoms with Gasteiger partial charge in [-0.3, -0.25) is 4.79 Å². The summed E-state index contributed by atoms with van der Waals surface area (Å²) in [6, 6.07) is 13.4. The number of carbonyl (C=O) groups excluding carboxylic acids is 2. The van der Waals surface area contributed by atoms with Gasteiger partial charge in [-0.25, -0.2) is 18.4 Å². The molecule has 0 fully saturated rings. The molecule has 0 saturated heterocycles. The van der Waals surface area contributed by atoms with Gasteiger partial charge in [0.2, 0.25) is 10.0 Å². The molecular weight excluding hydrogens is 394 g/mol. The molecule has 2 aromatic carbocycles. The van der Waals surface area contributed by atoms with Crippen LogP contribution in [0.3, 0.4) is 0 Å². The quantitative estimate of drug-likeness (QED) is 0.506. The molecule has 0 spiro atoms. The van der Waals surface area contributed by atoms with E-state index in [-0.39, 0.29) is 4.90 Å². The van der Waals surface area contributed by atoms with Crippen molar-refractivity contribution in [1.29, 1.82) is 0 Å². The summed E-state index contributed by atoms with van der Waals surface area (Å²) in [7, 11) is -3.73. The summed E-state index contributed by atoms with van der Waals surface area (Å²) >= 11 is 0. The number of benzene rings is 2. The Hall–Kier alpha value is -3.17. The zero-order valence-electron chi connectivity index (χ0n) is 15.7. The normalized spacial score (nSPS) is 12.5. The van der Waals surface area contributed by atoms with E-state index < -0.39 is 28.0 Å². The van der Waals surface area contributed by atoms with E-state index in [0.29, 0.717) is 18.5 Å². The van der Waals surface area contributed by atoms with Crippen LogP contribution in [0.4, 0.5) is 0 Å². The lowest BCUT2D eigenvalue weighted by atomic mass is 10.1. The number of H-pyrrole nitrogens is 1. The molecule has 0 aliphatic carbocycles. The fourth-order valence-electron chi connectivity index (χ4n) is 2.84. The van der Waals surface area contributed by atoms with Crippen LogP contribution in [-0.4, -0.2) is 37.9 Å². The summed E-state index contributed by atoms with van der Waals surface area (Å²) in [5.41, 5.74) is 2.02. The van der Waals surface area contributed by atoms with Crippen molar-refractivity contribution in [1.82, 2.24) is 10.3 Å². The largest absolute Gasteiger partial charge is 0.449 e. The van der Waals surface area contributed by atoms with Crippen LogP contribution < -0.4 is 10.5 Å². The molecule has 9 heteroatoms. The highest BCUT2D eigenvalue weighted by Gasteiger charge is 2.20. The molecule has 1 atom stereocenters. The predicted molar refractivity (Wildman–Crippen MR) is 108 cm³/mol. The van der Waals surface area contributed by atoms with Crippen LogP contribution >= 0.6 is 0 Å². The molecule has 3 rings (SSSR count). The first-order chi connectivity index (χ1) is 13.8. The van der Waals surface area contributed by atoms with Crippen molar-refractivity contribution < 1.29 is 22.7 Å². The second kappa shape index (κ2) is 8.46. The van der Waals surface area contributed by atoms with E-state index in [0.717, 1.165) is 16.5 Å². The molecule has 0 aliphatic rings. The van der Waals surface area contributed by atoms with Gasteiger partial charge in [0.25, 0.3) is 5.91 Å². The molecule has 3 aromatic rings. The second-order valence-electron chi connectivity index (χ2n) is 6.53. The Morgan fingerprint density at radius 3 is 2.52 bits per heavy atom. The van der Waals surface area contributed by atoms with Gasteiger partial charge in [-0.2, -0.15) is 0 Å². The van der Waals surface area contributed by atoms with Crippen molar-refractivity contribution in [3.8, 4) is 0 Å². The van der Waals surface area contributed by atoms with Gasteiger partial charge in [0.05, 0.1) is 10.5 Å². The van der Waals surface area contributed by atoms with E-state index in [2.05, 4.69) is 10.3 Å². The van der Waals surface area contributed by atoms with Gasteiger partial charge in [-0.1, -0.05) is 30.3 Å². The van der Waals surface area contributed by atoms with Crippen LogP contribution in [0.2, 0.25) is 0 Å². The fourth-order valence-corrected chi connectivity index (χ4v) is 3.35. The maximum absolute atomic E-state index is 12.4. The van der Waals surface area contributed by atoms with Crippen molar-refractivity contribution in [2.75, 3.05) is 6.54 Å². The van der Waals surface area contributed by atoms with Crippen molar-refractivity contribution in [2.45, 2.75) is 24.3 Å². The number of ether oxygens (including phenoxy) is 1. The fraction of sp³-hybridized carbons (Fsp3) is 0.200. The van der Waals surface area contributed by atoms with Gasteiger partial charge in [-0.15, -0.1) is 0 Å². The van der Waals surface area contributed by atoms with Crippen LogP contribution in [0, 0.1) is 0 Å². The number of amides is 1. The molecule has 1 aromatic heterocycles. The maximum Gasteiger partial charge on any atom is 0.341 e. The number of aromatic amines is 1. The Bertz CT molecular complexity index is 1140. The maximum atomic E-state index is 12.4. The zero-order chi connectivity index (χ0) is 21.0. The smallest absolute Gasteiger partial charge is 0.341 e. The molecule has 0 aliphatic heterocycles. The third-order valence-electron chi connectivity index (χ3n) is 4.43. The number of aromatic nitrogens is 1. The number of hydrogen-bond acceptors (Lipinski definition) is 5. The summed E-state index contributed by atoms with van der Waals surface area (Å²) < 4.78 is 27.8. The Morgan fingerprint density at radius 1 is 1.14 bits per heavy atom. The van der Waals surface area contributed by atoms with E-state index in [1.165, 1.54) is 19.1 Å². The molecule has 1 heterocycles. The number of nitrogens with one attached hydrogen (secondary N) is 2. The topological polar surface area (TPSA) is 131 Å². The number of nitrogens with two attached hydrogens (primary N) is 1. The second-order valence-corrected chi connectivity index (χ2v) is 8.09. The van der Waals surface area contributed by atoms with E-state index in [9.17, 15) is 18.0 Å². The number of hydrogen-bond donors (Lipinski definition) is 3. The zero-order valence-corrected chi connectivity index (χ0v) is 16.5. The molecule has 29 heavy (non-hydrogen) atoms. The lowest BCUT2D eigenvalue weighted by Gasteiger charge is -2.13. The van der Waals surface area contributed by atoms with Gasteiger partial charge >= 0.3 is 5.97 Å². The van der Waals surface area contributed by atoms with Crippen LogP contribution in [0.15, 0.2) is 59.6 Å². The van der Waals surface area contributed by atoms with Gasteiger partial charge in [0, 0.05) is 23.6 Å². The summed E-state index contributed by atoms with van der Waals surface area (Å²) in [5.74, 6) is -0.997. The number of para-hydroxylation sites is 1. The van der Waals surface area contributed by atoms with E-state index >= 15 is 0 Å². The molecule has 0 radical (unpaired) electrons. The number of fused-ring (bicyclic) bond motifs is 1. The summed E-state index contributed by atoms with van der Waals surface area (Å²) in [4.78, 5) is 27.6. The molecule has 0 unspecified atom stereocenters. The molecule has 0 bridgehead atoms. The van der Waals surface area contributed by atoms with Gasteiger partial charge in [0.15, 0.2) is 6.10 Å². The lowest BCUT2D eigenvalue weighted by Crippen LogP contribution is -2.36. The Labute approximate surface area is 168 Å². The lowest BCUT2D eigenvalue weighted by molar-refractivity contribution is -0.129. The van der Waals surface area contributed by atoms with Gasteiger partial charge < -0.3 is 15.0 Å². The number of carbonyl (C=O) groups is 2. The summed E-state index contributed by atoms with van der Waals surface area (Å²) in [6.45, 7) is 1.81. The number of primary sulfonamides is 1. The molecule has 0 saturated carbocycles. The van der Waals surface area contributed by atoms with Crippen LogP contribution in [-0.2, 0) is 26.0 Å². The SMILES string of the molecule is C[C@@H](OC(=O)c1c[nH]c2ccccc12)C(=O)NCCc1ccc(S(N)(=O)=O)cc1. The Kier molecular flexibility index (Phi) is 6.00. The summed E-state index contributed by atoms with van der Waals surface area (Å²) in [5, 5.41) is 8.48. The van der Waals surface area contributed by atoms with Crippen molar-refractivity contribution in [3.05, 3.63) is 65.9 Å². The number of sulfonamides is 1. The average Bonchev–Trinajstić information content (AvgIpc) is 3.12. The average molecular weight is 415 g/mol. The highest BCUT2D eigenvalue weighted by molar-refractivity contribution is 7.89. The van der Waals surface area contributed by atoms with Gasteiger partial charge in [-0.05, 0) is 37.1 Å². The highest BCUT2D eigenvalue weighted by atomic mass is 32.2. The van der Waals surface area contributed by atoms with Crippen LogP contribution in [0.5, 0.6) is 0 Å². The molecule has 152 valence electrons. The molecule has 4 N–H and O–H groups in total. The highest BCUT2D eigenvalue weighted by Crippen LogP contribution is 2.19. The first-order valence-corrected chi connectivity index (χ1v) is 10.5. The molecule has 1 amide bonds. The first kappa shape index (κ1) is 20.6. The monoisotopic (exact) mass is 415 g/mol. The molecular formula is C20H21N3O5S. The molecule has 8 nitrogen and oxygen atoms in total. The van der Waals surface area contributed by atoms with Crippen LogP contribution in [0.25, 0.3) is 10.9 Å². The van der Waals surface area contributed by atoms with E-state index in [4.69, 9.17) is 9.88 Å². The number of rotatable bonds is 7. The Morgan fingerprint density at radius 2 is 1.83 bits per heavy atom. The minimum Gasteiger partial charge on any atom is -0.449 e. The third kappa shape index (κ3) is 5.01.